The molecule has 3 N–H and O–H groups in total. The molecule has 1 amide bonds. The van der Waals surface area contributed by atoms with Gasteiger partial charge in [0.15, 0.2) is 0 Å². The highest BCUT2D eigenvalue weighted by Crippen LogP contribution is 2.32. The van der Waals surface area contributed by atoms with E-state index >= 15 is 0 Å². The molecule has 0 saturated carbocycles. The van der Waals surface area contributed by atoms with Gasteiger partial charge in [0.2, 0.25) is 0 Å². The quantitative estimate of drug-likeness (QED) is 0.916. The molecule has 0 spiro atoms. The summed E-state index contributed by atoms with van der Waals surface area (Å²) in [5, 5.41) is 3.33. The van der Waals surface area contributed by atoms with Gasteiger partial charge >= 0.3 is 0 Å². The van der Waals surface area contributed by atoms with Crippen molar-refractivity contribution in [1.29, 1.82) is 0 Å². The van der Waals surface area contributed by atoms with Gasteiger partial charge in [-0.25, -0.2) is 4.39 Å². The van der Waals surface area contributed by atoms with E-state index in [1.165, 1.54) is 17.4 Å². The van der Waals surface area contributed by atoms with Crippen molar-refractivity contribution in [3.05, 3.63) is 34.5 Å². The lowest BCUT2D eigenvalue weighted by atomic mass is 10.1. The van der Waals surface area contributed by atoms with Gasteiger partial charge in [-0.3, -0.25) is 4.79 Å². The molecule has 1 aromatic heterocycles. The number of nitrogens with one attached hydrogen (secondary N) is 1. The number of benzene rings is 1. The molecule has 0 bridgehead atoms. The lowest BCUT2D eigenvalue weighted by Gasteiger charge is -2.10. The summed E-state index contributed by atoms with van der Waals surface area (Å²) in [6, 6.07) is 4.79. The lowest BCUT2D eigenvalue weighted by molar-refractivity contribution is 0.0945. The molecule has 2 aromatic rings. The fourth-order valence-corrected chi connectivity index (χ4v) is 2.94. The van der Waals surface area contributed by atoms with Crippen LogP contribution in [0.5, 0.6) is 0 Å². The number of hydrogen-bond acceptors (Lipinski definition) is 3. The summed E-state index contributed by atoms with van der Waals surface area (Å²) in [5.74, 6) is -0.474. The Morgan fingerprint density at radius 1 is 1.53 bits per heavy atom. The smallest absolute Gasteiger partial charge is 0.261 e. The first-order valence-corrected chi connectivity index (χ1v) is 6.54. The number of rotatable bonds is 3. The molecule has 0 unspecified atom stereocenters. The zero-order chi connectivity index (χ0) is 13.3. The fraction of sp³-hybridized carbons (Fsp3) is 0.308. The highest BCUT2D eigenvalue weighted by molar-refractivity contribution is 7.21. The van der Waals surface area contributed by atoms with Gasteiger partial charge in [0.05, 0.1) is 4.88 Å². The maximum absolute atomic E-state index is 13.7. The number of hydrogen-bond donors (Lipinski definition) is 2. The SMILES string of the molecule is Cc1c(C(=O)N[C@@H](C)CN)sc2cccc(F)c12.Cl. The molecule has 19 heavy (non-hydrogen) atoms. The molecule has 1 atom stereocenters. The molecule has 0 fully saturated rings. The third kappa shape index (κ3) is 3.05. The average molecular weight is 303 g/mol. The number of carbonyl (C=O) groups is 1. The Labute approximate surface area is 121 Å². The van der Waals surface area contributed by atoms with Crippen molar-refractivity contribution in [2.45, 2.75) is 19.9 Å². The minimum atomic E-state index is -0.285. The number of amides is 1. The zero-order valence-electron chi connectivity index (χ0n) is 10.7. The van der Waals surface area contributed by atoms with Crippen molar-refractivity contribution in [3.63, 3.8) is 0 Å². The Balaban J connectivity index is 0.00000180. The van der Waals surface area contributed by atoms with Crippen LogP contribution in [-0.4, -0.2) is 18.5 Å². The van der Waals surface area contributed by atoms with Gasteiger partial charge in [-0.15, -0.1) is 23.7 Å². The van der Waals surface area contributed by atoms with E-state index in [9.17, 15) is 9.18 Å². The summed E-state index contributed by atoms with van der Waals surface area (Å²) < 4.78 is 14.5. The Morgan fingerprint density at radius 2 is 2.21 bits per heavy atom. The van der Waals surface area contributed by atoms with Crippen molar-refractivity contribution in [2.75, 3.05) is 6.54 Å². The number of carbonyl (C=O) groups excluding carboxylic acids is 1. The molecule has 1 heterocycles. The van der Waals surface area contributed by atoms with E-state index in [4.69, 9.17) is 5.73 Å². The molecule has 1 aromatic carbocycles. The first-order valence-electron chi connectivity index (χ1n) is 5.73. The standard InChI is InChI=1S/C13H15FN2OS.ClH/c1-7(6-15)16-13(17)12-8(2)11-9(14)4-3-5-10(11)18-12;/h3-5,7H,6,15H2,1-2H3,(H,16,17);1H/t7-;/m0./s1. The predicted molar refractivity (Wildman–Crippen MR) is 79.8 cm³/mol. The number of halogens is 2. The largest absolute Gasteiger partial charge is 0.348 e. The van der Waals surface area contributed by atoms with E-state index in [1.54, 1.807) is 13.0 Å². The van der Waals surface area contributed by atoms with Crippen LogP contribution in [0.1, 0.15) is 22.2 Å². The van der Waals surface area contributed by atoms with E-state index in [-0.39, 0.29) is 30.2 Å². The van der Waals surface area contributed by atoms with Crippen molar-refractivity contribution in [2.24, 2.45) is 5.73 Å². The van der Waals surface area contributed by atoms with Crippen molar-refractivity contribution >= 4 is 39.7 Å². The average Bonchev–Trinajstić information content (AvgIpc) is 2.68. The van der Waals surface area contributed by atoms with E-state index in [0.29, 0.717) is 22.4 Å². The molecular formula is C13H16ClFN2OS. The fourth-order valence-electron chi connectivity index (χ4n) is 1.82. The minimum absolute atomic E-state index is 0. The second kappa shape index (κ2) is 6.32. The van der Waals surface area contributed by atoms with E-state index in [0.717, 1.165) is 4.70 Å². The molecule has 0 aliphatic carbocycles. The Bertz CT molecular complexity index is 600. The Morgan fingerprint density at radius 3 is 2.79 bits per heavy atom. The zero-order valence-corrected chi connectivity index (χ0v) is 12.3. The second-order valence-corrected chi connectivity index (χ2v) is 5.33. The van der Waals surface area contributed by atoms with Crippen molar-refractivity contribution in [3.8, 4) is 0 Å². The van der Waals surface area contributed by atoms with Crippen LogP contribution in [0.4, 0.5) is 4.39 Å². The first kappa shape index (κ1) is 15.9. The number of fused-ring (bicyclic) bond motifs is 1. The molecule has 0 aliphatic heterocycles. The van der Waals surface area contributed by atoms with Crippen LogP contribution in [0.2, 0.25) is 0 Å². The van der Waals surface area contributed by atoms with Crippen molar-refractivity contribution < 1.29 is 9.18 Å². The second-order valence-electron chi connectivity index (χ2n) is 4.28. The van der Waals surface area contributed by atoms with Gasteiger partial charge in [0.25, 0.3) is 5.91 Å². The third-order valence-corrected chi connectivity index (χ3v) is 4.10. The van der Waals surface area contributed by atoms with Gasteiger partial charge < -0.3 is 11.1 Å². The number of aryl methyl sites for hydroxylation is 1. The summed E-state index contributed by atoms with van der Waals surface area (Å²) in [7, 11) is 0. The third-order valence-electron chi connectivity index (χ3n) is 2.84. The van der Waals surface area contributed by atoms with Crippen LogP contribution < -0.4 is 11.1 Å². The van der Waals surface area contributed by atoms with Crippen LogP contribution in [-0.2, 0) is 0 Å². The highest BCUT2D eigenvalue weighted by atomic mass is 35.5. The van der Waals surface area contributed by atoms with Gasteiger partial charge in [-0.1, -0.05) is 6.07 Å². The van der Waals surface area contributed by atoms with Crippen LogP contribution in [0.15, 0.2) is 18.2 Å². The first-order chi connectivity index (χ1) is 8.54. The van der Waals surface area contributed by atoms with E-state index in [2.05, 4.69) is 5.32 Å². The van der Waals surface area contributed by atoms with Crippen LogP contribution in [0.3, 0.4) is 0 Å². The highest BCUT2D eigenvalue weighted by Gasteiger charge is 2.18. The van der Waals surface area contributed by atoms with E-state index in [1.807, 2.05) is 13.0 Å². The summed E-state index contributed by atoms with van der Waals surface area (Å²) in [6.45, 7) is 3.98. The molecule has 0 radical (unpaired) electrons. The van der Waals surface area contributed by atoms with Gasteiger partial charge in [0, 0.05) is 22.7 Å². The molecule has 2 rings (SSSR count). The Hall–Kier alpha value is -1.17. The summed E-state index contributed by atoms with van der Waals surface area (Å²) in [6.07, 6.45) is 0. The topological polar surface area (TPSA) is 55.1 Å². The van der Waals surface area contributed by atoms with Crippen LogP contribution >= 0.6 is 23.7 Å². The molecular weight excluding hydrogens is 287 g/mol. The van der Waals surface area contributed by atoms with Crippen LogP contribution in [0, 0.1) is 12.7 Å². The monoisotopic (exact) mass is 302 g/mol. The normalized spacial score (nSPS) is 12.0. The number of nitrogens with two attached hydrogens (primary N) is 1. The molecule has 6 heteroatoms. The lowest BCUT2D eigenvalue weighted by Crippen LogP contribution is -2.37. The van der Waals surface area contributed by atoms with E-state index < -0.39 is 0 Å². The van der Waals surface area contributed by atoms with Gasteiger partial charge in [-0.2, -0.15) is 0 Å². The maximum Gasteiger partial charge on any atom is 0.261 e. The van der Waals surface area contributed by atoms with Gasteiger partial charge in [0.1, 0.15) is 5.82 Å². The predicted octanol–water partition coefficient (Wildman–Crippen LogP) is 2.85. The molecule has 3 nitrogen and oxygen atoms in total. The molecule has 0 aliphatic rings. The van der Waals surface area contributed by atoms with Gasteiger partial charge in [-0.05, 0) is 31.5 Å². The minimum Gasteiger partial charge on any atom is -0.348 e. The molecule has 104 valence electrons. The molecule has 0 saturated heterocycles. The van der Waals surface area contributed by atoms with Crippen LogP contribution in [0.25, 0.3) is 10.1 Å². The summed E-state index contributed by atoms with van der Waals surface area (Å²) >= 11 is 1.31. The maximum atomic E-state index is 13.7. The summed E-state index contributed by atoms with van der Waals surface area (Å²) in [5.41, 5.74) is 6.15. The Kier molecular flexibility index (Phi) is 5.29. The summed E-state index contributed by atoms with van der Waals surface area (Å²) in [4.78, 5) is 12.6. The van der Waals surface area contributed by atoms with Crippen molar-refractivity contribution in [1.82, 2.24) is 5.32 Å². The number of thiophene rings is 1.